The minimum absolute atomic E-state index is 0.224. The maximum atomic E-state index is 12.8. The van der Waals surface area contributed by atoms with E-state index in [1.807, 2.05) is 0 Å². The fourth-order valence-electron chi connectivity index (χ4n) is 2.48. The summed E-state index contributed by atoms with van der Waals surface area (Å²) in [7, 11) is 0. The van der Waals surface area contributed by atoms with Gasteiger partial charge in [-0.3, -0.25) is 9.69 Å². The van der Waals surface area contributed by atoms with Crippen molar-refractivity contribution in [1.29, 1.82) is 0 Å². The Balaban J connectivity index is 1.91. The molecule has 1 aliphatic rings. The van der Waals surface area contributed by atoms with Gasteiger partial charge in [-0.2, -0.15) is 0 Å². The van der Waals surface area contributed by atoms with E-state index in [1.54, 1.807) is 12.1 Å². The first-order valence-corrected chi connectivity index (χ1v) is 6.27. The van der Waals surface area contributed by atoms with E-state index in [0.717, 1.165) is 24.9 Å². The molecule has 0 aliphatic carbocycles. The van der Waals surface area contributed by atoms with Crippen LogP contribution in [-0.4, -0.2) is 35.1 Å². The van der Waals surface area contributed by atoms with Gasteiger partial charge in [-0.1, -0.05) is 12.1 Å². The molecule has 2 unspecified atom stereocenters. The number of benzene rings is 1. The summed E-state index contributed by atoms with van der Waals surface area (Å²) < 4.78 is 12.8. The second-order valence-corrected chi connectivity index (χ2v) is 5.00. The lowest BCUT2D eigenvalue weighted by atomic mass is 10.1. The first kappa shape index (κ1) is 13.0. The Morgan fingerprint density at radius 3 is 2.72 bits per heavy atom. The van der Waals surface area contributed by atoms with E-state index in [0.29, 0.717) is 12.6 Å². The van der Waals surface area contributed by atoms with Crippen LogP contribution in [0.5, 0.6) is 0 Å². The second kappa shape index (κ2) is 5.48. The number of rotatable bonds is 4. The van der Waals surface area contributed by atoms with Gasteiger partial charge in [0, 0.05) is 12.6 Å². The van der Waals surface area contributed by atoms with E-state index in [-0.39, 0.29) is 11.7 Å². The Labute approximate surface area is 106 Å². The molecular weight excluding hydrogens is 233 g/mol. The van der Waals surface area contributed by atoms with Crippen molar-refractivity contribution in [3.63, 3.8) is 0 Å². The molecule has 1 aromatic rings. The average Bonchev–Trinajstić information content (AvgIpc) is 2.81. The van der Waals surface area contributed by atoms with E-state index >= 15 is 0 Å². The summed E-state index contributed by atoms with van der Waals surface area (Å²) in [5.41, 5.74) is 1.09. The van der Waals surface area contributed by atoms with Crippen LogP contribution in [0.25, 0.3) is 0 Å². The third-order valence-corrected chi connectivity index (χ3v) is 3.64. The summed E-state index contributed by atoms with van der Waals surface area (Å²) in [6.45, 7) is 3.55. The van der Waals surface area contributed by atoms with Gasteiger partial charge >= 0.3 is 5.97 Å². The van der Waals surface area contributed by atoms with E-state index in [4.69, 9.17) is 5.11 Å². The summed E-state index contributed by atoms with van der Waals surface area (Å²) in [6, 6.07) is 6.80. The summed E-state index contributed by atoms with van der Waals surface area (Å²) in [5.74, 6) is -1.16. The molecule has 0 amide bonds. The topological polar surface area (TPSA) is 40.5 Å². The molecule has 98 valence electrons. The molecule has 1 heterocycles. The molecular formula is C14H18FNO2. The summed E-state index contributed by atoms with van der Waals surface area (Å²) in [6.07, 6.45) is 1.55. The summed E-state index contributed by atoms with van der Waals surface area (Å²) in [5, 5.41) is 8.96. The molecule has 18 heavy (non-hydrogen) atoms. The van der Waals surface area contributed by atoms with E-state index < -0.39 is 5.97 Å². The van der Waals surface area contributed by atoms with E-state index in [9.17, 15) is 9.18 Å². The molecule has 0 aromatic heterocycles. The zero-order chi connectivity index (χ0) is 13.1. The standard InChI is InChI=1S/C14H18FNO2/c1-10(8-11-2-4-13(15)5-3-11)16-7-6-12(9-16)14(17)18/h2-5,10,12H,6-9H2,1H3,(H,17,18). The van der Waals surface area contributed by atoms with Crippen LogP contribution in [-0.2, 0) is 11.2 Å². The number of halogens is 1. The lowest BCUT2D eigenvalue weighted by Crippen LogP contribution is -2.33. The van der Waals surface area contributed by atoms with E-state index in [1.165, 1.54) is 12.1 Å². The number of carboxylic acid groups (broad SMARTS) is 1. The van der Waals surface area contributed by atoms with Crippen molar-refractivity contribution in [3.05, 3.63) is 35.6 Å². The van der Waals surface area contributed by atoms with Gasteiger partial charge in [0.1, 0.15) is 5.82 Å². The lowest BCUT2D eigenvalue weighted by molar-refractivity contribution is -0.141. The lowest BCUT2D eigenvalue weighted by Gasteiger charge is -2.24. The van der Waals surface area contributed by atoms with Gasteiger partial charge in [0.25, 0.3) is 0 Å². The van der Waals surface area contributed by atoms with Crippen LogP contribution in [0.15, 0.2) is 24.3 Å². The minimum atomic E-state index is -0.702. The smallest absolute Gasteiger partial charge is 0.307 e. The third-order valence-electron chi connectivity index (χ3n) is 3.64. The molecule has 0 bridgehead atoms. The summed E-state index contributed by atoms with van der Waals surface area (Å²) >= 11 is 0. The third kappa shape index (κ3) is 3.07. The zero-order valence-corrected chi connectivity index (χ0v) is 10.5. The van der Waals surface area contributed by atoms with Gasteiger partial charge in [-0.05, 0) is 44.0 Å². The molecule has 1 aliphatic heterocycles. The van der Waals surface area contributed by atoms with Crippen LogP contribution in [0.4, 0.5) is 4.39 Å². The molecule has 0 radical (unpaired) electrons. The van der Waals surface area contributed by atoms with E-state index in [2.05, 4.69) is 11.8 Å². The van der Waals surface area contributed by atoms with Gasteiger partial charge in [0.05, 0.1) is 5.92 Å². The number of hydrogen-bond acceptors (Lipinski definition) is 2. The van der Waals surface area contributed by atoms with Gasteiger partial charge < -0.3 is 5.11 Å². The highest BCUT2D eigenvalue weighted by atomic mass is 19.1. The average molecular weight is 251 g/mol. The van der Waals surface area contributed by atoms with Crippen LogP contribution in [0.2, 0.25) is 0 Å². The Kier molecular flexibility index (Phi) is 3.97. The predicted octanol–water partition coefficient (Wildman–Crippen LogP) is 2.16. The van der Waals surface area contributed by atoms with Crippen molar-refractivity contribution in [2.45, 2.75) is 25.8 Å². The van der Waals surface area contributed by atoms with Crippen molar-refractivity contribution in [1.82, 2.24) is 4.90 Å². The van der Waals surface area contributed by atoms with Gasteiger partial charge in [0.2, 0.25) is 0 Å². The predicted molar refractivity (Wildman–Crippen MR) is 66.9 cm³/mol. The number of aliphatic carboxylic acids is 1. The Hall–Kier alpha value is -1.42. The molecule has 2 atom stereocenters. The molecule has 1 saturated heterocycles. The monoisotopic (exact) mass is 251 g/mol. The van der Waals surface area contributed by atoms with Gasteiger partial charge in [-0.25, -0.2) is 4.39 Å². The Morgan fingerprint density at radius 1 is 1.50 bits per heavy atom. The SMILES string of the molecule is CC(Cc1ccc(F)cc1)N1CCC(C(=O)O)C1. The second-order valence-electron chi connectivity index (χ2n) is 5.00. The molecule has 1 fully saturated rings. The fourth-order valence-corrected chi connectivity index (χ4v) is 2.48. The number of carboxylic acids is 1. The maximum absolute atomic E-state index is 12.8. The number of likely N-dealkylation sites (tertiary alicyclic amines) is 1. The summed E-state index contributed by atoms with van der Waals surface area (Å²) in [4.78, 5) is 13.1. The highest BCUT2D eigenvalue weighted by Gasteiger charge is 2.30. The molecule has 0 saturated carbocycles. The largest absolute Gasteiger partial charge is 0.481 e. The highest BCUT2D eigenvalue weighted by Crippen LogP contribution is 2.20. The molecule has 4 heteroatoms. The first-order chi connectivity index (χ1) is 8.56. The van der Waals surface area contributed by atoms with Crippen molar-refractivity contribution < 1.29 is 14.3 Å². The zero-order valence-electron chi connectivity index (χ0n) is 10.5. The maximum Gasteiger partial charge on any atom is 0.307 e. The van der Waals surface area contributed by atoms with Crippen molar-refractivity contribution in [2.24, 2.45) is 5.92 Å². The number of nitrogens with zero attached hydrogens (tertiary/aromatic N) is 1. The van der Waals surface area contributed by atoms with Crippen molar-refractivity contribution in [2.75, 3.05) is 13.1 Å². The molecule has 2 rings (SSSR count). The quantitative estimate of drug-likeness (QED) is 0.891. The van der Waals surface area contributed by atoms with Crippen LogP contribution in [0.3, 0.4) is 0 Å². The van der Waals surface area contributed by atoms with Crippen LogP contribution in [0, 0.1) is 11.7 Å². The van der Waals surface area contributed by atoms with Gasteiger partial charge in [0.15, 0.2) is 0 Å². The minimum Gasteiger partial charge on any atom is -0.481 e. The van der Waals surface area contributed by atoms with Crippen molar-refractivity contribution >= 4 is 5.97 Å². The number of hydrogen-bond donors (Lipinski definition) is 1. The van der Waals surface area contributed by atoms with Crippen LogP contribution < -0.4 is 0 Å². The van der Waals surface area contributed by atoms with Crippen LogP contribution in [0.1, 0.15) is 18.9 Å². The molecule has 1 N–H and O–H groups in total. The molecule has 1 aromatic carbocycles. The highest BCUT2D eigenvalue weighted by molar-refractivity contribution is 5.70. The first-order valence-electron chi connectivity index (χ1n) is 6.27. The molecule has 3 nitrogen and oxygen atoms in total. The number of carbonyl (C=O) groups is 1. The normalized spacial score (nSPS) is 22.0. The van der Waals surface area contributed by atoms with Gasteiger partial charge in [-0.15, -0.1) is 0 Å². The Morgan fingerprint density at radius 2 is 2.17 bits per heavy atom. The Bertz CT molecular complexity index is 418. The van der Waals surface area contributed by atoms with Crippen LogP contribution >= 0.6 is 0 Å². The van der Waals surface area contributed by atoms with Crippen molar-refractivity contribution in [3.8, 4) is 0 Å². The fraction of sp³-hybridized carbons (Fsp3) is 0.500. The molecule has 0 spiro atoms.